The van der Waals surface area contributed by atoms with Gasteiger partial charge >= 0.3 is 5.97 Å². The van der Waals surface area contributed by atoms with Gasteiger partial charge in [-0.2, -0.15) is 0 Å². The SMILES string of the molecule is Cc1oc(-c2ccccc2)nc1CCCOc1cccc(-c2cccc(OC(C)(C)C(=O)O)c2)c1. The lowest BCUT2D eigenvalue weighted by atomic mass is 10.0. The van der Waals surface area contributed by atoms with Crippen LogP contribution in [0, 0.1) is 6.92 Å². The Morgan fingerprint density at radius 1 is 0.914 bits per heavy atom. The van der Waals surface area contributed by atoms with Crippen LogP contribution in [0.15, 0.2) is 83.3 Å². The van der Waals surface area contributed by atoms with Gasteiger partial charge in [-0.15, -0.1) is 0 Å². The van der Waals surface area contributed by atoms with Crippen LogP contribution in [0.4, 0.5) is 0 Å². The number of nitrogens with zero attached hydrogens (tertiary/aromatic N) is 1. The van der Waals surface area contributed by atoms with E-state index in [2.05, 4.69) is 4.98 Å². The van der Waals surface area contributed by atoms with Crippen molar-refractivity contribution in [1.82, 2.24) is 4.98 Å². The topological polar surface area (TPSA) is 81.8 Å². The van der Waals surface area contributed by atoms with Crippen molar-refractivity contribution in [2.45, 2.75) is 39.2 Å². The summed E-state index contributed by atoms with van der Waals surface area (Å²) >= 11 is 0. The molecule has 0 radical (unpaired) electrons. The zero-order valence-electron chi connectivity index (χ0n) is 20.2. The second kappa shape index (κ2) is 10.5. The van der Waals surface area contributed by atoms with Gasteiger partial charge in [0.1, 0.15) is 17.3 Å². The van der Waals surface area contributed by atoms with Crippen LogP contribution in [0.5, 0.6) is 11.5 Å². The third-order valence-corrected chi connectivity index (χ3v) is 5.63. The molecular weight excluding hydrogens is 442 g/mol. The molecule has 3 aromatic carbocycles. The van der Waals surface area contributed by atoms with E-state index in [-0.39, 0.29) is 0 Å². The molecule has 35 heavy (non-hydrogen) atoms. The summed E-state index contributed by atoms with van der Waals surface area (Å²) in [5.74, 6) is 1.72. The summed E-state index contributed by atoms with van der Waals surface area (Å²) in [4.78, 5) is 16.0. The molecule has 0 aliphatic heterocycles. The van der Waals surface area contributed by atoms with Gasteiger partial charge in [-0.25, -0.2) is 9.78 Å². The Morgan fingerprint density at radius 2 is 1.54 bits per heavy atom. The number of benzene rings is 3. The third-order valence-electron chi connectivity index (χ3n) is 5.63. The highest BCUT2D eigenvalue weighted by molar-refractivity contribution is 5.77. The van der Waals surface area contributed by atoms with Gasteiger partial charge in [-0.05, 0) is 81.1 Å². The fraction of sp³-hybridized carbons (Fsp3) is 0.241. The Balaban J connectivity index is 1.36. The first kappa shape index (κ1) is 24.1. The molecule has 0 aliphatic rings. The number of aromatic nitrogens is 1. The number of aliphatic carboxylic acids is 1. The highest BCUT2D eigenvalue weighted by Gasteiger charge is 2.29. The lowest BCUT2D eigenvalue weighted by molar-refractivity contribution is -0.152. The van der Waals surface area contributed by atoms with Crippen LogP contribution in [-0.2, 0) is 11.2 Å². The molecular formula is C29H29NO5. The van der Waals surface area contributed by atoms with Crippen LogP contribution < -0.4 is 9.47 Å². The number of ether oxygens (including phenoxy) is 2. The zero-order valence-corrected chi connectivity index (χ0v) is 20.2. The number of oxazole rings is 1. The fourth-order valence-corrected chi connectivity index (χ4v) is 3.64. The lowest BCUT2D eigenvalue weighted by Crippen LogP contribution is -2.37. The van der Waals surface area contributed by atoms with E-state index in [1.54, 1.807) is 6.07 Å². The van der Waals surface area contributed by atoms with Gasteiger partial charge < -0.3 is 19.0 Å². The van der Waals surface area contributed by atoms with Crippen molar-refractivity contribution in [2.75, 3.05) is 6.61 Å². The van der Waals surface area contributed by atoms with E-state index in [1.165, 1.54) is 13.8 Å². The molecule has 4 aromatic rings. The molecule has 0 saturated carbocycles. The van der Waals surface area contributed by atoms with Crippen molar-refractivity contribution < 1.29 is 23.8 Å². The summed E-state index contributed by atoms with van der Waals surface area (Å²) in [5.41, 5.74) is 2.48. The maximum atomic E-state index is 11.4. The Kier molecular flexibility index (Phi) is 7.20. The predicted molar refractivity (Wildman–Crippen MR) is 135 cm³/mol. The molecule has 0 saturated heterocycles. The van der Waals surface area contributed by atoms with E-state index in [0.717, 1.165) is 46.7 Å². The van der Waals surface area contributed by atoms with Crippen molar-refractivity contribution >= 4 is 5.97 Å². The summed E-state index contributed by atoms with van der Waals surface area (Å²) in [7, 11) is 0. The van der Waals surface area contributed by atoms with Gasteiger partial charge in [-0.3, -0.25) is 0 Å². The Morgan fingerprint density at radius 3 is 2.23 bits per heavy atom. The lowest BCUT2D eigenvalue weighted by Gasteiger charge is -2.21. The van der Waals surface area contributed by atoms with Gasteiger partial charge in [0.25, 0.3) is 0 Å². The number of carboxylic acid groups (broad SMARTS) is 1. The maximum absolute atomic E-state index is 11.4. The second-order valence-electron chi connectivity index (χ2n) is 8.81. The van der Waals surface area contributed by atoms with Crippen molar-refractivity contribution in [3.63, 3.8) is 0 Å². The zero-order chi connectivity index (χ0) is 24.8. The molecule has 0 amide bonds. The number of rotatable bonds is 10. The highest BCUT2D eigenvalue weighted by atomic mass is 16.5. The molecule has 0 atom stereocenters. The Bertz CT molecular complexity index is 1290. The Labute approximate surface area is 205 Å². The summed E-state index contributed by atoms with van der Waals surface area (Å²) < 4.78 is 17.5. The average molecular weight is 472 g/mol. The van der Waals surface area contributed by atoms with Crippen LogP contribution >= 0.6 is 0 Å². The van der Waals surface area contributed by atoms with Crippen LogP contribution in [0.1, 0.15) is 31.7 Å². The smallest absolute Gasteiger partial charge is 0.347 e. The summed E-state index contributed by atoms with van der Waals surface area (Å²) in [6.07, 6.45) is 1.57. The van der Waals surface area contributed by atoms with Crippen molar-refractivity contribution in [2.24, 2.45) is 0 Å². The van der Waals surface area contributed by atoms with Gasteiger partial charge in [-0.1, -0.05) is 42.5 Å². The first-order valence-electron chi connectivity index (χ1n) is 11.6. The summed E-state index contributed by atoms with van der Waals surface area (Å²) in [5, 5.41) is 9.32. The van der Waals surface area contributed by atoms with Crippen LogP contribution in [0.3, 0.4) is 0 Å². The molecule has 4 rings (SSSR count). The normalized spacial score (nSPS) is 11.3. The number of carbonyl (C=O) groups is 1. The monoisotopic (exact) mass is 471 g/mol. The van der Waals surface area contributed by atoms with E-state index < -0.39 is 11.6 Å². The van der Waals surface area contributed by atoms with Gasteiger partial charge in [0.2, 0.25) is 5.89 Å². The number of hydrogen-bond donors (Lipinski definition) is 1. The fourth-order valence-electron chi connectivity index (χ4n) is 3.64. The van der Waals surface area contributed by atoms with Crippen molar-refractivity contribution in [3.8, 4) is 34.1 Å². The number of hydrogen-bond acceptors (Lipinski definition) is 5. The Hall–Kier alpha value is -4.06. The van der Waals surface area contributed by atoms with E-state index in [4.69, 9.17) is 13.9 Å². The minimum atomic E-state index is -1.31. The number of carboxylic acids is 1. The third kappa shape index (κ3) is 6.09. The molecule has 1 aromatic heterocycles. The van der Waals surface area contributed by atoms with Gasteiger partial charge in [0, 0.05) is 5.56 Å². The van der Waals surface area contributed by atoms with Crippen molar-refractivity contribution in [1.29, 1.82) is 0 Å². The van der Waals surface area contributed by atoms with E-state index in [9.17, 15) is 9.90 Å². The van der Waals surface area contributed by atoms with Gasteiger partial charge in [0.05, 0.1) is 12.3 Å². The molecule has 1 heterocycles. The molecule has 0 fully saturated rings. The highest BCUT2D eigenvalue weighted by Crippen LogP contribution is 2.29. The maximum Gasteiger partial charge on any atom is 0.347 e. The molecule has 0 bridgehead atoms. The summed E-state index contributed by atoms with van der Waals surface area (Å²) in [6, 6.07) is 25.1. The van der Waals surface area contributed by atoms with Crippen LogP contribution in [0.25, 0.3) is 22.6 Å². The first-order chi connectivity index (χ1) is 16.8. The van der Waals surface area contributed by atoms with E-state index >= 15 is 0 Å². The minimum Gasteiger partial charge on any atom is -0.494 e. The molecule has 0 unspecified atom stereocenters. The standard InChI is InChI=1S/C29H29NO5/c1-20-26(30-27(34-20)21-10-5-4-6-11-21)16-9-17-33-24-14-7-12-22(18-24)23-13-8-15-25(19-23)35-29(2,3)28(31)32/h4-8,10-15,18-19H,9,16-17H2,1-3H3,(H,31,32). The quantitative estimate of drug-likeness (QED) is 0.263. The number of aryl methyl sites for hydroxylation is 2. The molecule has 6 nitrogen and oxygen atoms in total. The predicted octanol–water partition coefficient (Wildman–Crippen LogP) is 6.57. The van der Waals surface area contributed by atoms with Gasteiger partial charge in [0.15, 0.2) is 5.60 Å². The van der Waals surface area contributed by atoms with E-state index in [1.807, 2.05) is 79.7 Å². The molecule has 0 spiro atoms. The largest absolute Gasteiger partial charge is 0.494 e. The molecule has 0 aliphatic carbocycles. The molecule has 6 heteroatoms. The van der Waals surface area contributed by atoms with Crippen LogP contribution in [-0.4, -0.2) is 28.3 Å². The first-order valence-corrected chi connectivity index (χ1v) is 11.6. The second-order valence-corrected chi connectivity index (χ2v) is 8.81. The molecule has 180 valence electrons. The molecule has 1 N–H and O–H groups in total. The van der Waals surface area contributed by atoms with Crippen molar-refractivity contribution in [3.05, 3.63) is 90.3 Å². The minimum absolute atomic E-state index is 0.499. The average Bonchev–Trinajstić information content (AvgIpc) is 3.23. The van der Waals surface area contributed by atoms with E-state index in [0.29, 0.717) is 18.2 Å². The summed E-state index contributed by atoms with van der Waals surface area (Å²) in [6.45, 7) is 5.54. The van der Waals surface area contributed by atoms with Crippen LogP contribution in [0.2, 0.25) is 0 Å².